The van der Waals surface area contributed by atoms with Gasteiger partial charge in [-0.05, 0) is 45.8 Å². The minimum atomic E-state index is -0.268. The predicted octanol–water partition coefficient (Wildman–Crippen LogP) is 2.27. The van der Waals surface area contributed by atoms with Crippen molar-refractivity contribution in [2.75, 3.05) is 18.3 Å². The van der Waals surface area contributed by atoms with E-state index in [0.717, 1.165) is 5.56 Å². The molecule has 5 N–H and O–H groups in total. The maximum Gasteiger partial charge on any atom is 0.253 e. The molecular formula is C15H14BrN3O3. The Bertz CT molecular complexity index is 749. The van der Waals surface area contributed by atoms with Gasteiger partial charge >= 0.3 is 0 Å². The van der Waals surface area contributed by atoms with Crippen molar-refractivity contribution in [3.63, 3.8) is 0 Å². The summed E-state index contributed by atoms with van der Waals surface area (Å²) >= 11 is 3.29. The first-order chi connectivity index (χ1) is 10.5. The summed E-state index contributed by atoms with van der Waals surface area (Å²) in [5, 5.41) is 2.82. The number of ether oxygens (including phenoxy) is 2. The molecule has 2 aromatic carbocycles. The molecule has 0 radical (unpaired) electrons. The van der Waals surface area contributed by atoms with E-state index in [1.165, 1.54) is 0 Å². The lowest BCUT2D eigenvalue weighted by molar-refractivity contribution is 0.0951. The number of carbonyl (C=O) groups is 1. The number of amides is 1. The van der Waals surface area contributed by atoms with E-state index in [9.17, 15) is 4.79 Å². The molecule has 22 heavy (non-hydrogen) atoms. The fourth-order valence-electron chi connectivity index (χ4n) is 2.13. The number of rotatable bonds is 3. The number of anilines is 2. The molecule has 0 bridgehead atoms. The SMILES string of the molecule is Nc1cc(N)c(C(=O)NCc2ccc3c(c2)OCO3)cc1Br. The summed E-state index contributed by atoms with van der Waals surface area (Å²) in [7, 11) is 0. The smallest absolute Gasteiger partial charge is 0.253 e. The first-order valence-electron chi connectivity index (χ1n) is 6.56. The third-order valence-electron chi connectivity index (χ3n) is 3.30. The van der Waals surface area contributed by atoms with Gasteiger partial charge in [-0.15, -0.1) is 0 Å². The first kappa shape index (κ1) is 14.5. The standard InChI is InChI=1S/C15H14BrN3O3/c16-10-4-9(11(17)5-12(10)18)15(20)19-6-8-1-2-13-14(3-8)22-7-21-13/h1-5H,6-7,17-18H2,(H,19,20). The van der Waals surface area contributed by atoms with Crippen LogP contribution in [0.4, 0.5) is 11.4 Å². The third kappa shape index (κ3) is 2.80. The highest BCUT2D eigenvalue weighted by Crippen LogP contribution is 2.32. The molecule has 1 aliphatic heterocycles. The summed E-state index contributed by atoms with van der Waals surface area (Å²) in [4.78, 5) is 12.2. The molecule has 0 saturated heterocycles. The lowest BCUT2D eigenvalue weighted by Crippen LogP contribution is -2.24. The molecule has 3 rings (SSSR count). The van der Waals surface area contributed by atoms with Crippen LogP contribution in [0.3, 0.4) is 0 Å². The van der Waals surface area contributed by atoms with Crippen LogP contribution in [0.15, 0.2) is 34.8 Å². The van der Waals surface area contributed by atoms with Crippen LogP contribution < -0.4 is 26.3 Å². The highest BCUT2D eigenvalue weighted by Gasteiger charge is 2.15. The summed E-state index contributed by atoms with van der Waals surface area (Å²) in [6, 6.07) is 8.69. The number of nitrogens with one attached hydrogen (secondary N) is 1. The van der Waals surface area contributed by atoms with E-state index in [-0.39, 0.29) is 12.7 Å². The molecular weight excluding hydrogens is 350 g/mol. The van der Waals surface area contributed by atoms with Crippen molar-refractivity contribution in [1.82, 2.24) is 5.32 Å². The number of hydrogen-bond acceptors (Lipinski definition) is 5. The van der Waals surface area contributed by atoms with E-state index < -0.39 is 0 Å². The Morgan fingerprint density at radius 3 is 2.73 bits per heavy atom. The maximum atomic E-state index is 12.2. The zero-order chi connectivity index (χ0) is 15.7. The van der Waals surface area contributed by atoms with Crippen LogP contribution in [0, 0.1) is 0 Å². The summed E-state index contributed by atoms with van der Waals surface area (Å²) < 4.78 is 11.2. The molecule has 6 nitrogen and oxygen atoms in total. The average Bonchev–Trinajstić information content (AvgIpc) is 2.96. The van der Waals surface area contributed by atoms with Crippen LogP contribution in [0.25, 0.3) is 0 Å². The van der Waals surface area contributed by atoms with Crippen molar-refractivity contribution in [1.29, 1.82) is 0 Å². The fourth-order valence-corrected chi connectivity index (χ4v) is 2.48. The lowest BCUT2D eigenvalue weighted by atomic mass is 10.1. The molecule has 7 heteroatoms. The van der Waals surface area contributed by atoms with Gasteiger partial charge in [0, 0.05) is 22.4 Å². The Balaban J connectivity index is 1.71. The molecule has 0 spiro atoms. The second kappa shape index (κ2) is 5.76. The Morgan fingerprint density at radius 2 is 1.91 bits per heavy atom. The molecule has 0 saturated carbocycles. The zero-order valence-electron chi connectivity index (χ0n) is 11.6. The Kier molecular flexibility index (Phi) is 3.81. The van der Waals surface area contributed by atoms with E-state index in [2.05, 4.69) is 21.2 Å². The molecule has 0 aromatic heterocycles. The molecule has 0 aliphatic carbocycles. The Hall–Kier alpha value is -2.41. The van der Waals surface area contributed by atoms with Crippen molar-refractivity contribution < 1.29 is 14.3 Å². The van der Waals surface area contributed by atoms with Crippen molar-refractivity contribution in [2.45, 2.75) is 6.54 Å². The van der Waals surface area contributed by atoms with Crippen molar-refractivity contribution in [3.8, 4) is 11.5 Å². The van der Waals surface area contributed by atoms with Gasteiger partial charge in [-0.2, -0.15) is 0 Å². The van der Waals surface area contributed by atoms with E-state index in [4.69, 9.17) is 20.9 Å². The van der Waals surface area contributed by atoms with E-state index in [1.54, 1.807) is 12.1 Å². The van der Waals surface area contributed by atoms with Gasteiger partial charge < -0.3 is 26.3 Å². The molecule has 1 heterocycles. The van der Waals surface area contributed by atoms with Gasteiger partial charge in [-0.25, -0.2) is 0 Å². The summed E-state index contributed by atoms with van der Waals surface area (Å²) in [5.41, 5.74) is 13.7. The van der Waals surface area contributed by atoms with Crippen LogP contribution in [-0.4, -0.2) is 12.7 Å². The third-order valence-corrected chi connectivity index (χ3v) is 3.99. The van der Waals surface area contributed by atoms with E-state index in [1.807, 2.05) is 18.2 Å². The number of nitrogen functional groups attached to an aromatic ring is 2. The number of hydrogen-bond donors (Lipinski definition) is 3. The molecule has 0 unspecified atom stereocenters. The van der Waals surface area contributed by atoms with E-state index >= 15 is 0 Å². The van der Waals surface area contributed by atoms with Crippen LogP contribution in [0.2, 0.25) is 0 Å². The molecule has 0 fully saturated rings. The van der Waals surface area contributed by atoms with Gasteiger partial charge in [-0.1, -0.05) is 6.07 Å². The highest BCUT2D eigenvalue weighted by atomic mass is 79.9. The number of nitrogens with two attached hydrogens (primary N) is 2. The van der Waals surface area contributed by atoms with Gasteiger partial charge in [-0.3, -0.25) is 4.79 Å². The Morgan fingerprint density at radius 1 is 1.14 bits per heavy atom. The van der Waals surface area contributed by atoms with Gasteiger partial charge in [0.25, 0.3) is 5.91 Å². The number of halogens is 1. The minimum absolute atomic E-state index is 0.223. The quantitative estimate of drug-likeness (QED) is 0.726. The van der Waals surface area contributed by atoms with Crippen molar-refractivity contribution in [2.24, 2.45) is 0 Å². The monoisotopic (exact) mass is 363 g/mol. The second-order valence-corrected chi connectivity index (χ2v) is 5.69. The predicted molar refractivity (Wildman–Crippen MR) is 86.7 cm³/mol. The van der Waals surface area contributed by atoms with Gasteiger partial charge in [0.2, 0.25) is 6.79 Å². The Labute approximate surface area is 135 Å². The van der Waals surface area contributed by atoms with E-state index in [0.29, 0.717) is 39.5 Å². The number of benzene rings is 2. The topological polar surface area (TPSA) is 99.6 Å². The molecule has 0 atom stereocenters. The van der Waals surface area contributed by atoms with Crippen LogP contribution >= 0.6 is 15.9 Å². The maximum absolute atomic E-state index is 12.2. The van der Waals surface area contributed by atoms with Crippen molar-refractivity contribution >= 4 is 33.2 Å². The fraction of sp³-hybridized carbons (Fsp3) is 0.133. The highest BCUT2D eigenvalue weighted by molar-refractivity contribution is 9.10. The summed E-state index contributed by atoms with van der Waals surface area (Å²) in [5.74, 6) is 1.12. The molecule has 1 aliphatic rings. The summed E-state index contributed by atoms with van der Waals surface area (Å²) in [6.45, 7) is 0.581. The second-order valence-electron chi connectivity index (χ2n) is 4.83. The largest absolute Gasteiger partial charge is 0.454 e. The first-order valence-corrected chi connectivity index (χ1v) is 7.35. The van der Waals surface area contributed by atoms with Gasteiger partial charge in [0.05, 0.1) is 5.56 Å². The normalized spacial score (nSPS) is 12.2. The number of fused-ring (bicyclic) bond motifs is 1. The van der Waals surface area contributed by atoms with Crippen LogP contribution in [-0.2, 0) is 6.54 Å². The van der Waals surface area contributed by atoms with Crippen molar-refractivity contribution in [3.05, 3.63) is 45.9 Å². The average molecular weight is 364 g/mol. The zero-order valence-corrected chi connectivity index (χ0v) is 13.1. The molecule has 114 valence electrons. The van der Waals surface area contributed by atoms with Crippen LogP contribution in [0.1, 0.15) is 15.9 Å². The number of carbonyl (C=O) groups excluding carboxylic acids is 1. The van der Waals surface area contributed by atoms with Gasteiger partial charge in [0.1, 0.15) is 0 Å². The molecule has 1 amide bonds. The van der Waals surface area contributed by atoms with Crippen LogP contribution in [0.5, 0.6) is 11.5 Å². The minimum Gasteiger partial charge on any atom is -0.454 e. The lowest BCUT2D eigenvalue weighted by Gasteiger charge is -2.10. The summed E-state index contributed by atoms with van der Waals surface area (Å²) in [6.07, 6.45) is 0. The molecule has 2 aromatic rings. The van der Waals surface area contributed by atoms with Gasteiger partial charge in [0.15, 0.2) is 11.5 Å².